The number of amides is 1. The van der Waals surface area contributed by atoms with Crippen molar-refractivity contribution in [2.75, 3.05) is 6.54 Å². The minimum absolute atomic E-state index is 0.232. The van der Waals surface area contributed by atoms with Crippen LogP contribution in [0.4, 0.5) is 0 Å². The number of sulfonamides is 1. The lowest BCUT2D eigenvalue weighted by atomic mass is 10.2. The fourth-order valence-corrected chi connectivity index (χ4v) is 3.21. The summed E-state index contributed by atoms with van der Waals surface area (Å²) in [5, 5.41) is 3.15. The van der Waals surface area contributed by atoms with Crippen molar-refractivity contribution in [3.05, 3.63) is 64.4 Å². The fourth-order valence-electron chi connectivity index (χ4n) is 1.94. The highest BCUT2D eigenvalue weighted by Gasteiger charge is 2.14. The second-order valence-corrected chi connectivity index (χ2v) is 7.51. The summed E-state index contributed by atoms with van der Waals surface area (Å²) in [5.41, 5.74) is 2.33. The molecular weight excluding hydrogens is 350 g/mol. The summed E-state index contributed by atoms with van der Waals surface area (Å²) in [6.45, 7) is 1.84. The first-order valence-electron chi connectivity index (χ1n) is 7.24. The molecule has 0 unspecified atom stereocenters. The largest absolute Gasteiger partial charge is 0.351 e. The third kappa shape index (κ3) is 5.92. The van der Waals surface area contributed by atoms with Crippen molar-refractivity contribution in [2.45, 2.75) is 19.2 Å². The molecule has 1 amide bonds. The highest BCUT2D eigenvalue weighted by Crippen LogP contribution is 2.17. The predicted molar refractivity (Wildman–Crippen MR) is 92.9 cm³/mol. The standard InChI is InChI=1S/C16H18ClN3O3S/c1-12-2-3-14(8-15(12)17)11-24(22,23)20-10-16(21)19-9-13-4-6-18-7-5-13/h2-8,20H,9-11H2,1H3,(H,19,21). The van der Waals surface area contributed by atoms with E-state index in [1.807, 2.05) is 6.92 Å². The van der Waals surface area contributed by atoms with E-state index >= 15 is 0 Å². The highest BCUT2D eigenvalue weighted by molar-refractivity contribution is 7.88. The van der Waals surface area contributed by atoms with Gasteiger partial charge in [-0.25, -0.2) is 13.1 Å². The van der Waals surface area contributed by atoms with Gasteiger partial charge in [-0.3, -0.25) is 9.78 Å². The molecule has 0 radical (unpaired) electrons. The van der Waals surface area contributed by atoms with E-state index in [4.69, 9.17) is 11.6 Å². The zero-order chi connectivity index (χ0) is 17.6. The van der Waals surface area contributed by atoms with Crippen molar-refractivity contribution in [1.29, 1.82) is 0 Å². The number of nitrogens with one attached hydrogen (secondary N) is 2. The first-order valence-corrected chi connectivity index (χ1v) is 9.27. The van der Waals surface area contributed by atoms with Crippen molar-refractivity contribution in [3.63, 3.8) is 0 Å². The van der Waals surface area contributed by atoms with E-state index in [0.29, 0.717) is 17.1 Å². The second kappa shape index (κ2) is 8.23. The van der Waals surface area contributed by atoms with E-state index in [1.54, 1.807) is 42.7 Å². The molecule has 0 aliphatic rings. The van der Waals surface area contributed by atoms with Crippen LogP contribution in [0.25, 0.3) is 0 Å². The monoisotopic (exact) mass is 367 g/mol. The molecule has 0 spiro atoms. The molecule has 128 valence electrons. The minimum Gasteiger partial charge on any atom is -0.351 e. The number of hydrogen-bond acceptors (Lipinski definition) is 4. The molecule has 8 heteroatoms. The van der Waals surface area contributed by atoms with E-state index in [-0.39, 0.29) is 12.3 Å². The summed E-state index contributed by atoms with van der Waals surface area (Å²) in [6.07, 6.45) is 3.24. The second-order valence-electron chi connectivity index (χ2n) is 5.30. The van der Waals surface area contributed by atoms with Crippen molar-refractivity contribution in [3.8, 4) is 0 Å². The molecule has 1 aromatic carbocycles. The summed E-state index contributed by atoms with van der Waals surface area (Å²) in [4.78, 5) is 15.6. The van der Waals surface area contributed by atoms with Gasteiger partial charge in [-0.1, -0.05) is 23.7 Å². The summed E-state index contributed by atoms with van der Waals surface area (Å²) in [6, 6.07) is 8.61. The number of aromatic nitrogens is 1. The lowest BCUT2D eigenvalue weighted by Crippen LogP contribution is -2.37. The smallest absolute Gasteiger partial charge is 0.235 e. The molecule has 1 aromatic heterocycles. The van der Waals surface area contributed by atoms with Crippen LogP contribution in [0.2, 0.25) is 5.02 Å². The maximum absolute atomic E-state index is 12.0. The Morgan fingerprint density at radius 2 is 1.88 bits per heavy atom. The van der Waals surface area contributed by atoms with Crippen LogP contribution in [0, 0.1) is 6.92 Å². The van der Waals surface area contributed by atoms with Crippen LogP contribution < -0.4 is 10.0 Å². The first-order chi connectivity index (χ1) is 11.4. The Morgan fingerprint density at radius 1 is 1.17 bits per heavy atom. The molecule has 0 saturated heterocycles. The molecule has 2 rings (SSSR count). The number of nitrogens with zero attached hydrogens (tertiary/aromatic N) is 1. The van der Waals surface area contributed by atoms with Crippen LogP contribution in [-0.4, -0.2) is 25.9 Å². The van der Waals surface area contributed by atoms with Gasteiger partial charge in [0.1, 0.15) is 0 Å². The zero-order valence-electron chi connectivity index (χ0n) is 13.1. The van der Waals surface area contributed by atoms with E-state index < -0.39 is 15.9 Å². The van der Waals surface area contributed by atoms with E-state index in [1.165, 1.54) is 0 Å². The van der Waals surface area contributed by atoms with Gasteiger partial charge in [-0.05, 0) is 41.8 Å². The van der Waals surface area contributed by atoms with Crippen LogP contribution in [0.15, 0.2) is 42.7 Å². The molecule has 0 saturated carbocycles. The van der Waals surface area contributed by atoms with E-state index in [2.05, 4.69) is 15.0 Å². The number of carbonyl (C=O) groups excluding carboxylic acids is 1. The molecule has 24 heavy (non-hydrogen) atoms. The number of carbonyl (C=O) groups is 1. The summed E-state index contributed by atoms with van der Waals surface area (Å²) in [5.74, 6) is -0.637. The third-order valence-corrected chi connectivity index (χ3v) is 4.99. The molecule has 0 aliphatic carbocycles. The Bertz CT molecular complexity index is 811. The van der Waals surface area contributed by atoms with E-state index in [9.17, 15) is 13.2 Å². The minimum atomic E-state index is -3.62. The average molecular weight is 368 g/mol. The molecule has 6 nitrogen and oxygen atoms in total. The summed E-state index contributed by atoms with van der Waals surface area (Å²) < 4.78 is 26.3. The van der Waals surface area contributed by atoms with Crippen molar-refractivity contribution in [1.82, 2.24) is 15.0 Å². The maximum atomic E-state index is 12.0. The first kappa shape index (κ1) is 18.4. The molecular formula is C16H18ClN3O3S. The number of hydrogen-bond donors (Lipinski definition) is 2. The van der Waals surface area contributed by atoms with Gasteiger partial charge in [0.05, 0.1) is 12.3 Å². The predicted octanol–water partition coefficient (Wildman–Crippen LogP) is 1.78. The quantitative estimate of drug-likeness (QED) is 0.780. The Balaban J connectivity index is 1.83. The number of pyridine rings is 1. The Morgan fingerprint density at radius 3 is 2.54 bits per heavy atom. The molecule has 2 aromatic rings. The Hall–Kier alpha value is -1.96. The highest BCUT2D eigenvalue weighted by atomic mass is 35.5. The average Bonchev–Trinajstić information content (AvgIpc) is 2.55. The lowest BCUT2D eigenvalue weighted by Gasteiger charge is -2.09. The zero-order valence-corrected chi connectivity index (χ0v) is 14.7. The van der Waals surface area contributed by atoms with Gasteiger partial charge in [-0.15, -0.1) is 0 Å². The Kier molecular flexibility index (Phi) is 6.30. The van der Waals surface area contributed by atoms with Gasteiger partial charge >= 0.3 is 0 Å². The van der Waals surface area contributed by atoms with Gasteiger partial charge in [-0.2, -0.15) is 0 Å². The fraction of sp³-hybridized carbons (Fsp3) is 0.250. The van der Waals surface area contributed by atoms with Gasteiger partial charge in [0, 0.05) is 24.0 Å². The maximum Gasteiger partial charge on any atom is 0.235 e. The lowest BCUT2D eigenvalue weighted by molar-refractivity contribution is -0.120. The molecule has 0 fully saturated rings. The molecule has 0 aliphatic heterocycles. The summed E-state index contributed by atoms with van der Waals surface area (Å²) in [7, 11) is -3.62. The normalized spacial score (nSPS) is 11.2. The van der Waals surface area contributed by atoms with Crippen LogP contribution in [0.3, 0.4) is 0 Å². The number of halogens is 1. The molecule has 2 N–H and O–H groups in total. The summed E-state index contributed by atoms with van der Waals surface area (Å²) >= 11 is 5.99. The van der Waals surface area contributed by atoms with Crippen LogP contribution >= 0.6 is 11.6 Å². The van der Waals surface area contributed by atoms with Gasteiger partial charge in [0.2, 0.25) is 15.9 Å². The van der Waals surface area contributed by atoms with Crippen molar-refractivity contribution in [2.24, 2.45) is 0 Å². The molecule has 0 bridgehead atoms. The van der Waals surface area contributed by atoms with Crippen molar-refractivity contribution >= 4 is 27.5 Å². The number of rotatable bonds is 7. The topological polar surface area (TPSA) is 88.2 Å². The number of aryl methyl sites for hydroxylation is 1. The third-order valence-electron chi connectivity index (χ3n) is 3.28. The van der Waals surface area contributed by atoms with E-state index in [0.717, 1.165) is 11.1 Å². The van der Waals surface area contributed by atoms with Crippen LogP contribution in [0.1, 0.15) is 16.7 Å². The Labute approximate surface area is 146 Å². The number of benzene rings is 1. The van der Waals surface area contributed by atoms with Gasteiger partial charge in [0.15, 0.2) is 0 Å². The van der Waals surface area contributed by atoms with Crippen LogP contribution in [-0.2, 0) is 27.1 Å². The molecule has 0 atom stereocenters. The van der Waals surface area contributed by atoms with Gasteiger partial charge < -0.3 is 5.32 Å². The van der Waals surface area contributed by atoms with Crippen LogP contribution in [0.5, 0.6) is 0 Å². The van der Waals surface area contributed by atoms with Gasteiger partial charge in [0.25, 0.3) is 0 Å². The SMILES string of the molecule is Cc1ccc(CS(=O)(=O)NCC(=O)NCc2ccncc2)cc1Cl. The molecule has 1 heterocycles. The van der Waals surface area contributed by atoms with Crippen molar-refractivity contribution < 1.29 is 13.2 Å².